The molecule has 1 N–H and O–H groups in total. The van der Waals surface area contributed by atoms with Crippen molar-refractivity contribution in [1.82, 2.24) is 14.8 Å². The van der Waals surface area contributed by atoms with Crippen molar-refractivity contribution in [3.05, 3.63) is 28.0 Å². The van der Waals surface area contributed by atoms with E-state index in [0.29, 0.717) is 5.13 Å². The van der Waals surface area contributed by atoms with Crippen molar-refractivity contribution in [2.24, 2.45) is 0 Å². The molecule has 2 rings (SSSR count). The van der Waals surface area contributed by atoms with E-state index in [2.05, 4.69) is 29.2 Å². The monoisotopic (exact) mass is 320 g/mol. The number of carbonyl (C=O) groups excluding carboxylic acids is 1. The number of amides is 1. The zero-order chi connectivity index (χ0) is 16.3. The van der Waals surface area contributed by atoms with Gasteiger partial charge in [-0.05, 0) is 39.7 Å². The number of hydrogen-bond donors (Lipinski definition) is 1. The van der Waals surface area contributed by atoms with E-state index < -0.39 is 0 Å². The van der Waals surface area contributed by atoms with Crippen molar-refractivity contribution in [1.29, 1.82) is 0 Å². The number of thiazole rings is 1. The Bertz CT molecular complexity index is 659. The van der Waals surface area contributed by atoms with E-state index in [4.69, 9.17) is 0 Å². The Morgan fingerprint density at radius 1 is 1.41 bits per heavy atom. The molecule has 1 unspecified atom stereocenters. The predicted octanol–water partition coefficient (Wildman–Crippen LogP) is 3.67. The second-order valence-electron chi connectivity index (χ2n) is 5.53. The SMILES string of the molecule is CCCc1nc(NC(=O)C(C)n2nc(C)cc2C)sc1CC. The Morgan fingerprint density at radius 3 is 2.68 bits per heavy atom. The molecule has 1 atom stereocenters. The van der Waals surface area contributed by atoms with Gasteiger partial charge in [0.25, 0.3) is 5.91 Å². The van der Waals surface area contributed by atoms with Gasteiger partial charge in [-0.15, -0.1) is 11.3 Å². The van der Waals surface area contributed by atoms with E-state index in [0.717, 1.165) is 36.3 Å². The molecular formula is C16H24N4OS. The molecule has 0 bridgehead atoms. The van der Waals surface area contributed by atoms with Gasteiger partial charge < -0.3 is 5.32 Å². The first-order valence-electron chi connectivity index (χ1n) is 7.78. The van der Waals surface area contributed by atoms with Gasteiger partial charge in [-0.25, -0.2) is 4.98 Å². The average molecular weight is 320 g/mol. The summed E-state index contributed by atoms with van der Waals surface area (Å²) in [6, 6.07) is 1.62. The van der Waals surface area contributed by atoms with Crippen molar-refractivity contribution in [2.75, 3.05) is 5.32 Å². The highest BCUT2D eigenvalue weighted by molar-refractivity contribution is 7.15. The molecule has 0 aliphatic carbocycles. The molecule has 0 fully saturated rings. The summed E-state index contributed by atoms with van der Waals surface area (Å²) in [4.78, 5) is 18.3. The van der Waals surface area contributed by atoms with Crippen LogP contribution in [-0.4, -0.2) is 20.7 Å². The molecule has 0 spiro atoms. The molecule has 2 heterocycles. The Balaban J connectivity index is 2.13. The smallest absolute Gasteiger partial charge is 0.250 e. The molecule has 5 nitrogen and oxygen atoms in total. The maximum atomic E-state index is 12.4. The summed E-state index contributed by atoms with van der Waals surface area (Å²) in [5.41, 5.74) is 3.02. The maximum Gasteiger partial charge on any atom is 0.250 e. The maximum absolute atomic E-state index is 12.4. The van der Waals surface area contributed by atoms with Crippen LogP contribution >= 0.6 is 11.3 Å². The van der Waals surface area contributed by atoms with Crippen molar-refractivity contribution in [3.8, 4) is 0 Å². The third-order valence-electron chi connectivity index (χ3n) is 3.61. The Hall–Kier alpha value is -1.69. The zero-order valence-electron chi connectivity index (χ0n) is 13.9. The number of aryl methyl sites for hydroxylation is 4. The van der Waals surface area contributed by atoms with Crippen molar-refractivity contribution >= 4 is 22.4 Å². The fraction of sp³-hybridized carbons (Fsp3) is 0.562. The second kappa shape index (κ2) is 7.05. The third kappa shape index (κ3) is 3.55. The van der Waals surface area contributed by atoms with Crippen molar-refractivity contribution < 1.29 is 4.79 Å². The highest BCUT2D eigenvalue weighted by Gasteiger charge is 2.20. The van der Waals surface area contributed by atoms with Crippen LogP contribution in [-0.2, 0) is 17.6 Å². The molecule has 22 heavy (non-hydrogen) atoms. The fourth-order valence-corrected chi connectivity index (χ4v) is 3.45. The third-order valence-corrected chi connectivity index (χ3v) is 4.76. The van der Waals surface area contributed by atoms with Crippen LogP contribution in [0, 0.1) is 13.8 Å². The summed E-state index contributed by atoms with van der Waals surface area (Å²) in [6.07, 6.45) is 2.98. The highest BCUT2D eigenvalue weighted by atomic mass is 32.1. The first kappa shape index (κ1) is 16.7. The van der Waals surface area contributed by atoms with Crippen LogP contribution in [0.2, 0.25) is 0 Å². The van der Waals surface area contributed by atoms with Gasteiger partial charge in [0, 0.05) is 10.6 Å². The van der Waals surface area contributed by atoms with Gasteiger partial charge in [0.15, 0.2) is 5.13 Å². The molecule has 0 saturated carbocycles. The fourth-order valence-electron chi connectivity index (χ4n) is 2.50. The van der Waals surface area contributed by atoms with E-state index in [-0.39, 0.29) is 11.9 Å². The summed E-state index contributed by atoms with van der Waals surface area (Å²) in [5, 5.41) is 8.01. The molecule has 120 valence electrons. The van der Waals surface area contributed by atoms with Crippen molar-refractivity contribution in [2.45, 2.75) is 59.9 Å². The topological polar surface area (TPSA) is 59.8 Å². The number of nitrogens with zero attached hydrogens (tertiary/aromatic N) is 3. The van der Waals surface area contributed by atoms with E-state index in [1.54, 1.807) is 16.0 Å². The lowest BCUT2D eigenvalue weighted by Gasteiger charge is -2.13. The standard InChI is InChI=1S/C16H24N4OS/c1-6-8-13-14(7-2)22-16(17-13)18-15(21)12(5)20-11(4)9-10(3)19-20/h9,12H,6-8H2,1-5H3,(H,17,18,21). The van der Waals surface area contributed by atoms with Crippen molar-refractivity contribution in [3.63, 3.8) is 0 Å². The Kier molecular flexibility index (Phi) is 5.34. The van der Waals surface area contributed by atoms with Crippen LogP contribution in [0.5, 0.6) is 0 Å². The van der Waals surface area contributed by atoms with Gasteiger partial charge in [-0.3, -0.25) is 9.48 Å². The number of carbonyl (C=O) groups is 1. The van der Waals surface area contributed by atoms with Crippen LogP contribution in [0.4, 0.5) is 5.13 Å². The van der Waals surface area contributed by atoms with E-state index in [1.165, 1.54) is 4.88 Å². The lowest BCUT2D eigenvalue weighted by molar-refractivity contribution is -0.119. The molecule has 6 heteroatoms. The minimum Gasteiger partial charge on any atom is -0.300 e. The van der Waals surface area contributed by atoms with Gasteiger partial charge in [0.1, 0.15) is 6.04 Å². The number of aromatic nitrogens is 3. The molecule has 0 radical (unpaired) electrons. The second-order valence-corrected chi connectivity index (χ2v) is 6.61. The number of rotatable bonds is 6. The lowest BCUT2D eigenvalue weighted by Crippen LogP contribution is -2.25. The highest BCUT2D eigenvalue weighted by Crippen LogP contribution is 2.25. The van der Waals surface area contributed by atoms with Crippen LogP contribution in [0.25, 0.3) is 0 Å². The number of nitrogens with one attached hydrogen (secondary N) is 1. The quantitative estimate of drug-likeness (QED) is 0.883. The largest absolute Gasteiger partial charge is 0.300 e. The van der Waals surface area contributed by atoms with E-state index >= 15 is 0 Å². The van der Waals surface area contributed by atoms with Crippen LogP contribution in [0.15, 0.2) is 6.07 Å². The summed E-state index contributed by atoms with van der Waals surface area (Å²) in [5.74, 6) is -0.0781. The molecule has 0 saturated heterocycles. The molecule has 2 aromatic heterocycles. The number of anilines is 1. The summed E-state index contributed by atoms with van der Waals surface area (Å²) in [6.45, 7) is 10.0. The van der Waals surface area contributed by atoms with Gasteiger partial charge in [-0.2, -0.15) is 5.10 Å². The average Bonchev–Trinajstić information content (AvgIpc) is 3.01. The number of hydrogen-bond acceptors (Lipinski definition) is 4. The Labute approximate surface area is 135 Å². The lowest BCUT2D eigenvalue weighted by atomic mass is 10.2. The predicted molar refractivity (Wildman–Crippen MR) is 90.5 cm³/mol. The molecule has 1 amide bonds. The molecule has 0 aliphatic rings. The first-order chi connectivity index (χ1) is 10.5. The van der Waals surface area contributed by atoms with Crippen LogP contribution in [0.1, 0.15) is 55.2 Å². The normalized spacial score (nSPS) is 12.4. The van der Waals surface area contributed by atoms with Gasteiger partial charge in [-0.1, -0.05) is 20.3 Å². The van der Waals surface area contributed by atoms with Crippen LogP contribution < -0.4 is 5.32 Å². The summed E-state index contributed by atoms with van der Waals surface area (Å²) >= 11 is 1.58. The van der Waals surface area contributed by atoms with E-state index in [9.17, 15) is 4.79 Å². The minimum atomic E-state index is -0.350. The molecule has 0 aliphatic heterocycles. The molecule has 2 aromatic rings. The first-order valence-corrected chi connectivity index (χ1v) is 8.60. The molecular weight excluding hydrogens is 296 g/mol. The van der Waals surface area contributed by atoms with Gasteiger partial charge in [0.05, 0.1) is 11.4 Å². The summed E-state index contributed by atoms with van der Waals surface area (Å²) in [7, 11) is 0. The van der Waals surface area contributed by atoms with Crippen LogP contribution in [0.3, 0.4) is 0 Å². The van der Waals surface area contributed by atoms with Gasteiger partial charge in [0.2, 0.25) is 0 Å². The molecule has 0 aromatic carbocycles. The zero-order valence-corrected chi connectivity index (χ0v) is 14.8. The van der Waals surface area contributed by atoms with Gasteiger partial charge >= 0.3 is 0 Å². The Morgan fingerprint density at radius 2 is 2.14 bits per heavy atom. The summed E-state index contributed by atoms with van der Waals surface area (Å²) < 4.78 is 1.76. The minimum absolute atomic E-state index is 0.0781. The van der Waals surface area contributed by atoms with E-state index in [1.807, 2.05) is 26.8 Å².